The van der Waals surface area contributed by atoms with Crippen molar-refractivity contribution < 1.29 is 5.73 Å². The Morgan fingerprint density at radius 2 is 2.00 bits per heavy atom. The second-order valence-electron chi connectivity index (χ2n) is 2.42. The van der Waals surface area contributed by atoms with E-state index < -0.39 is 0 Å². The molecule has 1 rings (SSSR count). The Hall–Kier alpha value is -0.530. The van der Waals surface area contributed by atoms with Gasteiger partial charge < -0.3 is 5.73 Å². The van der Waals surface area contributed by atoms with Crippen LogP contribution in [0.4, 0.5) is 0 Å². The van der Waals surface area contributed by atoms with Crippen LogP contribution in [0.15, 0.2) is 24.3 Å². The van der Waals surface area contributed by atoms with E-state index in [1.165, 1.54) is 0 Å². The largest absolute Gasteiger partial charge is 0.352 e. The van der Waals surface area contributed by atoms with Crippen LogP contribution in [0, 0.1) is 0 Å². The van der Waals surface area contributed by atoms with Gasteiger partial charge in [0.05, 0.1) is 0 Å². The van der Waals surface area contributed by atoms with E-state index in [-0.39, 0.29) is 6.04 Å². The van der Waals surface area contributed by atoms with Crippen LogP contribution in [0.2, 0.25) is 5.02 Å². The number of benzene rings is 1. The predicted octanol–water partition coefficient (Wildman–Crippen LogP) is 1.64. The molecule has 0 aliphatic heterocycles. The highest BCUT2D eigenvalue weighted by Gasteiger charge is 2.04. The Morgan fingerprint density at radius 3 is 2.40 bits per heavy atom. The number of halogens is 1. The van der Waals surface area contributed by atoms with Crippen LogP contribution in [-0.2, 0) is 0 Å². The SMILES string of the molecule is C[C@@H]([NH3+])c1ccccc1Cl. The molecule has 0 bridgehead atoms. The molecule has 1 aromatic carbocycles. The molecule has 0 saturated heterocycles. The zero-order valence-electron chi connectivity index (χ0n) is 5.97. The van der Waals surface area contributed by atoms with Gasteiger partial charge in [0.15, 0.2) is 0 Å². The molecule has 54 valence electrons. The van der Waals surface area contributed by atoms with Gasteiger partial charge in [0, 0.05) is 10.6 Å². The van der Waals surface area contributed by atoms with E-state index in [2.05, 4.69) is 5.73 Å². The lowest BCUT2D eigenvalue weighted by atomic mass is 10.1. The van der Waals surface area contributed by atoms with E-state index >= 15 is 0 Å². The Labute approximate surface area is 65.8 Å². The van der Waals surface area contributed by atoms with Crippen molar-refractivity contribution in [1.82, 2.24) is 0 Å². The molecular formula is C8H11ClN+. The molecule has 1 aromatic rings. The zero-order valence-corrected chi connectivity index (χ0v) is 6.73. The summed E-state index contributed by atoms with van der Waals surface area (Å²) in [7, 11) is 0. The lowest BCUT2D eigenvalue weighted by Crippen LogP contribution is -2.51. The summed E-state index contributed by atoms with van der Waals surface area (Å²) in [6, 6.07) is 8.06. The fourth-order valence-corrected chi connectivity index (χ4v) is 1.20. The van der Waals surface area contributed by atoms with E-state index in [9.17, 15) is 0 Å². The van der Waals surface area contributed by atoms with Gasteiger partial charge in [-0.15, -0.1) is 0 Å². The highest BCUT2D eigenvalue weighted by Crippen LogP contribution is 2.18. The van der Waals surface area contributed by atoms with Gasteiger partial charge in [0.25, 0.3) is 0 Å². The third kappa shape index (κ3) is 1.49. The number of hydrogen-bond donors (Lipinski definition) is 1. The molecule has 0 aliphatic rings. The van der Waals surface area contributed by atoms with Gasteiger partial charge in [0.1, 0.15) is 6.04 Å². The highest BCUT2D eigenvalue weighted by atomic mass is 35.5. The zero-order chi connectivity index (χ0) is 7.56. The van der Waals surface area contributed by atoms with Crippen molar-refractivity contribution in [2.24, 2.45) is 0 Å². The first-order valence-corrected chi connectivity index (χ1v) is 3.67. The molecule has 3 N–H and O–H groups in total. The third-order valence-corrected chi connectivity index (χ3v) is 1.78. The first-order valence-electron chi connectivity index (χ1n) is 3.29. The second kappa shape index (κ2) is 3.04. The molecule has 0 heterocycles. The molecule has 1 atom stereocenters. The number of hydrogen-bond acceptors (Lipinski definition) is 0. The Morgan fingerprint density at radius 1 is 1.40 bits per heavy atom. The second-order valence-corrected chi connectivity index (χ2v) is 2.83. The van der Waals surface area contributed by atoms with E-state index in [1.54, 1.807) is 0 Å². The van der Waals surface area contributed by atoms with Crippen LogP contribution in [-0.4, -0.2) is 0 Å². The average Bonchev–Trinajstić information content (AvgIpc) is 1.88. The normalized spacial score (nSPS) is 13.1. The van der Waals surface area contributed by atoms with Crippen molar-refractivity contribution in [1.29, 1.82) is 0 Å². The minimum absolute atomic E-state index is 0.272. The standard InChI is InChI=1S/C8H10ClN/c1-6(10)7-4-2-3-5-8(7)9/h2-6H,10H2,1H3/p+1/t6-/m1/s1. The third-order valence-electron chi connectivity index (χ3n) is 1.44. The van der Waals surface area contributed by atoms with Gasteiger partial charge in [-0.1, -0.05) is 29.8 Å². The van der Waals surface area contributed by atoms with Crippen molar-refractivity contribution >= 4 is 11.6 Å². The topological polar surface area (TPSA) is 27.6 Å². The van der Waals surface area contributed by atoms with Crippen LogP contribution in [0.3, 0.4) is 0 Å². The molecule has 0 saturated carbocycles. The predicted molar refractivity (Wildman–Crippen MR) is 42.8 cm³/mol. The average molecular weight is 157 g/mol. The molecule has 0 radical (unpaired) electrons. The van der Waals surface area contributed by atoms with Gasteiger partial charge >= 0.3 is 0 Å². The first-order chi connectivity index (χ1) is 4.72. The lowest BCUT2D eigenvalue weighted by Gasteiger charge is -2.02. The minimum Gasteiger partial charge on any atom is -0.352 e. The minimum atomic E-state index is 0.272. The Kier molecular flexibility index (Phi) is 2.30. The number of quaternary nitrogens is 1. The summed E-state index contributed by atoms with van der Waals surface area (Å²) in [6.45, 7) is 2.03. The van der Waals surface area contributed by atoms with Crippen LogP contribution in [0.25, 0.3) is 0 Å². The molecule has 0 aromatic heterocycles. The van der Waals surface area contributed by atoms with Gasteiger partial charge in [0.2, 0.25) is 0 Å². The maximum atomic E-state index is 5.88. The summed E-state index contributed by atoms with van der Waals surface area (Å²) in [5.41, 5.74) is 5.00. The highest BCUT2D eigenvalue weighted by molar-refractivity contribution is 6.31. The molecule has 0 amide bonds. The van der Waals surface area contributed by atoms with Crippen LogP contribution in [0.5, 0.6) is 0 Å². The summed E-state index contributed by atoms with van der Waals surface area (Å²) < 4.78 is 0. The van der Waals surface area contributed by atoms with Gasteiger partial charge in [-0.25, -0.2) is 0 Å². The Balaban J connectivity index is 3.03. The summed E-state index contributed by atoms with van der Waals surface area (Å²) in [4.78, 5) is 0. The van der Waals surface area contributed by atoms with Crippen molar-refractivity contribution in [3.63, 3.8) is 0 Å². The summed E-state index contributed by atoms with van der Waals surface area (Å²) in [5, 5.41) is 0.810. The van der Waals surface area contributed by atoms with Crippen LogP contribution < -0.4 is 5.73 Å². The molecule has 10 heavy (non-hydrogen) atoms. The van der Waals surface area contributed by atoms with E-state index in [0.29, 0.717) is 0 Å². The monoisotopic (exact) mass is 156 g/mol. The quantitative estimate of drug-likeness (QED) is 0.641. The number of rotatable bonds is 1. The molecule has 0 aliphatic carbocycles. The fourth-order valence-electron chi connectivity index (χ4n) is 0.875. The van der Waals surface area contributed by atoms with Gasteiger partial charge in [-0.2, -0.15) is 0 Å². The molecule has 0 unspecified atom stereocenters. The molecule has 0 spiro atoms. The maximum absolute atomic E-state index is 5.88. The van der Waals surface area contributed by atoms with Crippen LogP contribution in [0.1, 0.15) is 18.5 Å². The van der Waals surface area contributed by atoms with Crippen LogP contribution >= 0.6 is 11.6 Å². The molecule has 2 heteroatoms. The maximum Gasteiger partial charge on any atom is 0.109 e. The van der Waals surface area contributed by atoms with E-state index in [1.807, 2.05) is 31.2 Å². The van der Waals surface area contributed by atoms with Crippen molar-refractivity contribution in [3.05, 3.63) is 34.9 Å². The van der Waals surface area contributed by atoms with E-state index in [4.69, 9.17) is 11.6 Å². The van der Waals surface area contributed by atoms with Crippen molar-refractivity contribution in [2.45, 2.75) is 13.0 Å². The van der Waals surface area contributed by atoms with Gasteiger partial charge in [-0.3, -0.25) is 0 Å². The molecular weight excluding hydrogens is 146 g/mol. The van der Waals surface area contributed by atoms with Crippen molar-refractivity contribution in [2.75, 3.05) is 0 Å². The molecule has 0 fully saturated rings. The summed E-state index contributed by atoms with van der Waals surface area (Å²) >= 11 is 5.88. The summed E-state index contributed by atoms with van der Waals surface area (Å²) in [5.74, 6) is 0. The fraction of sp³-hybridized carbons (Fsp3) is 0.250. The molecule has 1 nitrogen and oxygen atoms in total. The first kappa shape index (κ1) is 7.58. The smallest absolute Gasteiger partial charge is 0.109 e. The lowest BCUT2D eigenvalue weighted by molar-refractivity contribution is -0.420. The summed E-state index contributed by atoms with van der Waals surface area (Å²) in [6.07, 6.45) is 0. The van der Waals surface area contributed by atoms with Crippen molar-refractivity contribution in [3.8, 4) is 0 Å². The van der Waals surface area contributed by atoms with E-state index in [0.717, 1.165) is 10.6 Å². The van der Waals surface area contributed by atoms with Gasteiger partial charge in [-0.05, 0) is 13.0 Å². The Bertz CT molecular complexity index is 220.